The van der Waals surface area contributed by atoms with Gasteiger partial charge in [0.2, 0.25) is 0 Å². The summed E-state index contributed by atoms with van der Waals surface area (Å²) in [6.07, 6.45) is 8.69. The molecule has 1 aliphatic carbocycles. The molecule has 3 rings (SSSR count). The average molecular weight is 273 g/mol. The van der Waals surface area contributed by atoms with Crippen LogP contribution in [0.2, 0.25) is 0 Å². The van der Waals surface area contributed by atoms with Crippen LogP contribution in [0.15, 0.2) is 24.4 Å². The van der Waals surface area contributed by atoms with Crippen LogP contribution in [0.1, 0.15) is 39.0 Å². The molecular weight excluding hydrogens is 246 g/mol. The monoisotopic (exact) mass is 273 g/mol. The fourth-order valence-electron chi connectivity index (χ4n) is 3.70. The third-order valence-electron chi connectivity index (χ3n) is 5.18. The van der Waals surface area contributed by atoms with Gasteiger partial charge in [-0.25, -0.2) is 4.98 Å². The third kappa shape index (κ3) is 3.32. The van der Waals surface area contributed by atoms with Crippen molar-refractivity contribution in [2.45, 2.75) is 45.1 Å². The van der Waals surface area contributed by atoms with Gasteiger partial charge in [0.1, 0.15) is 5.82 Å². The molecule has 2 fully saturated rings. The average Bonchev–Trinajstić information content (AvgIpc) is 2.92. The molecule has 20 heavy (non-hydrogen) atoms. The summed E-state index contributed by atoms with van der Waals surface area (Å²) < 4.78 is 0. The molecule has 0 spiro atoms. The van der Waals surface area contributed by atoms with E-state index in [4.69, 9.17) is 0 Å². The Morgan fingerprint density at radius 2 is 2.05 bits per heavy atom. The van der Waals surface area contributed by atoms with Gasteiger partial charge in [-0.15, -0.1) is 0 Å². The van der Waals surface area contributed by atoms with Gasteiger partial charge >= 0.3 is 0 Å². The molecule has 1 N–H and O–H groups in total. The quantitative estimate of drug-likeness (QED) is 0.914. The molecule has 0 radical (unpaired) electrons. The second kappa shape index (κ2) is 6.57. The van der Waals surface area contributed by atoms with E-state index in [1.807, 2.05) is 12.3 Å². The predicted molar refractivity (Wildman–Crippen MR) is 84.0 cm³/mol. The molecule has 2 atom stereocenters. The summed E-state index contributed by atoms with van der Waals surface area (Å²) in [5.74, 6) is 2.98. The van der Waals surface area contributed by atoms with Crippen LogP contribution in [0.3, 0.4) is 0 Å². The number of aromatic nitrogens is 1. The topological polar surface area (TPSA) is 28.2 Å². The van der Waals surface area contributed by atoms with Crippen molar-refractivity contribution < 1.29 is 0 Å². The van der Waals surface area contributed by atoms with Gasteiger partial charge in [0.05, 0.1) is 0 Å². The third-order valence-corrected chi connectivity index (χ3v) is 5.18. The van der Waals surface area contributed by atoms with Crippen LogP contribution in [-0.4, -0.2) is 30.7 Å². The zero-order valence-corrected chi connectivity index (χ0v) is 12.6. The van der Waals surface area contributed by atoms with E-state index in [1.54, 1.807) is 0 Å². The van der Waals surface area contributed by atoms with Gasteiger partial charge in [-0.05, 0) is 49.8 Å². The van der Waals surface area contributed by atoms with Crippen LogP contribution in [0.5, 0.6) is 0 Å². The predicted octanol–water partition coefficient (Wildman–Crippen LogP) is 3.08. The lowest BCUT2D eigenvalue weighted by Crippen LogP contribution is -2.44. The van der Waals surface area contributed by atoms with Crippen molar-refractivity contribution in [1.29, 1.82) is 0 Å². The summed E-state index contributed by atoms with van der Waals surface area (Å²) in [7, 11) is 0. The number of nitrogens with zero attached hydrogens (tertiary/aromatic N) is 2. The Morgan fingerprint density at radius 1 is 1.20 bits per heavy atom. The molecule has 3 heteroatoms. The van der Waals surface area contributed by atoms with Crippen molar-refractivity contribution in [3.8, 4) is 0 Å². The van der Waals surface area contributed by atoms with Crippen LogP contribution in [0.25, 0.3) is 0 Å². The molecule has 1 saturated heterocycles. The Labute approximate surface area is 122 Å². The van der Waals surface area contributed by atoms with Gasteiger partial charge in [-0.1, -0.05) is 25.8 Å². The summed E-state index contributed by atoms with van der Waals surface area (Å²) in [5.41, 5.74) is 0. The van der Waals surface area contributed by atoms with Crippen molar-refractivity contribution in [2.24, 2.45) is 11.8 Å². The summed E-state index contributed by atoms with van der Waals surface area (Å²) in [4.78, 5) is 6.86. The number of hydrogen-bond acceptors (Lipinski definition) is 3. The molecule has 2 heterocycles. The van der Waals surface area contributed by atoms with E-state index in [9.17, 15) is 0 Å². The molecule has 2 unspecified atom stereocenters. The lowest BCUT2D eigenvalue weighted by Gasteiger charge is -2.34. The Kier molecular flexibility index (Phi) is 4.56. The number of hydrogen-bond donors (Lipinski definition) is 1. The Hall–Kier alpha value is -1.09. The molecule has 0 amide bonds. The van der Waals surface area contributed by atoms with Crippen LogP contribution >= 0.6 is 0 Å². The minimum Gasteiger partial charge on any atom is -0.357 e. The van der Waals surface area contributed by atoms with Crippen molar-refractivity contribution in [3.63, 3.8) is 0 Å². The molecule has 0 aromatic carbocycles. The van der Waals surface area contributed by atoms with Crippen molar-refractivity contribution >= 4 is 5.82 Å². The van der Waals surface area contributed by atoms with Crippen molar-refractivity contribution in [1.82, 2.24) is 10.3 Å². The molecule has 1 aromatic rings. The molecule has 1 saturated carbocycles. The highest BCUT2D eigenvalue weighted by Gasteiger charge is 2.25. The first-order valence-corrected chi connectivity index (χ1v) is 8.22. The number of anilines is 1. The van der Waals surface area contributed by atoms with Crippen molar-refractivity contribution in [2.75, 3.05) is 24.5 Å². The van der Waals surface area contributed by atoms with E-state index in [1.165, 1.54) is 38.6 Å². The van der Waals surface area contributed by atoms with E-state index in [0.29, 0.717) is 6.04 Å². The smallest absolute Gasteiger partial charge is 0.128 e. The molecule has 2 aliphatic rings. The fraction of sp³-hybridized carbons (Fsp3) is 0.706. The van der Waals surface area contributed by atoms with Crippen molar-refractivity contribution in [3.05, 3.63) is 24.4 Å². The normalized spacial score (nSPS) is 27.9. The van der Waals surface area contributed by atoms with Crippen LogP contribution < -0.4 is 10.2 Å². The van der Waals surface area contributed by atoms with Gasteiger partial charge in [0, 0.05) is 25.3 Å². The molecule has 1 aliphatic heterocycles. The summed E-state index contributed by atoms with van der Waals surface area (Å²) >= 11 is 0. The van der Waals surface area contributed by atoms with Gasteiger partial charge in [0.25, 0.3) is 0 Å². The number of pyridine rings is 1. The standard InChI is InChI=1S/C17H27N3/c1-14-5-4-6-15(14)13-19-16-8-11-20(12-9-16)17-7-2-3-10-18-17/h2-3,7,10,14-16,19H,4-6,8-9,11-13H2,1H3. The zero-order chi connectivity index (χ0) is 13.8. The summed E-state index contributed by atoms with van der Waals surface area (Å²) in [5, 5.41) is 3.82. The first-order valence-electron chi connectivity index (χ1n) is 8.22. The van der Waals surface area contributed by atoms with Crippen LogP contribution in [0.4, 0.5) is 5.82 Å². The lowest BCUT2D eigenvalue weighted by atomic mass is 9.97. The maximum Gasteiger partial charge on any atom is 0.128 e. The van der Waals surface area contributed by atoms with E-state index in [0.717, 1.165) is 30.7 Å². The van der Waals surface area contributed by atoms with Crippen LogP contribution in [-0.2, 0) is 0 Å². The zero-order valence-electron chi connectivity index (χ0n) is 12.6. The molecule has 0 bridgehead atoms. The molecule has 3 nitrogen and oxygen atoms in total. The fourth-order valence-corrected chi connectivity index (χ4v) is 3.70. The molecule has 110 valence electrons. The van der Waals surface area contributed by atoms with Gasteiger partial charge in [0.15, 0.2) is 0 Å². The highest BCUT2D eigenvalue weighted by molar-refractivity contribution is 5.38. The van der Waals surface area contributed by atoms with Gasteiger partial charge in [-0.3, -0.25) is 0 Å². The van der Waals surface area contributed by atoms with E-state index in [-0.39, 0.29) is 0 Å². The number of piperidine rings is 1. The SMILES string of the molecule is CC1CCCC1CNC1CCN(c2ccccn2)CC1. The van der Waals surface area contributed by atoms with Gasteiger partial charge < -0.3 is 10.2 Å². The minimum atomic E-state index is 0.711. The summed E-state index contributed by atoms with van der Waals surface area (Å²) in [6, 6.07) is 6.89. The minimum absolute atomic E-state index is 0.711. The molecular formula is C17H27N3. The Morgan fingerprint density at radius 3 is 2.70 bits per heavy atom. The summed E-state index contributed by atoms with van der Waals surface area (Å²) in [6.45, 7) is 5.92. The first kappa shape index (κ1) is 13.9. The second-order valence-electron chi connectivity index (χ2n) is 6.53. The number of rotatable bonds is 4. The lowest BCUT2D eigenvalue weighted by molar-refractivity contribution is 0.339. The van der Waals surface area contributed by atoms with E-state index in [2.05, 4.69) is 34.3 Å². The Bertz CT molecular complexity index is 398. The molecule has 1 aromatic heterocycles. The highest BCUT2D eigenvalue weighted by Crippen LogP contribution is 2.30. The largest absolute Gasteiger partial charge is 0.357 e. The second-order valence-corrected chi connectivity index (χ2v) is 6.53. The van der Waals surface area contributed by atoms with E-state index < -0.39 is 0 Å². The number of nitrogens with one attached hydrogen (secondary N) is 1. The van der Waals surface area contributed by atoms with Crippen LogP contribution in [0, 0.1) is 11.8 Å². The highest BCUT2D eigenvalue weighted by atomic mass is 15.2. The van der Waals surface area contributed by atoms with E-state index >= 15 is 0 Å². The maximum atomic E-state index is 4.45. The first-order chi connectivity index (χ1) is 9.83. The maximum absolute atomic E-state index is 4.45. The Balaban J connectivity index is 1.42. The van der Waals surface area contributed by atoms with Gasteiger partial charge in [-0.2, -0.15) is 0 Å².